The number of likely N-dealkylation sites (tertiary alicyclic amines) is 2. The molecule has 21 nitrogen and oxygen atoms in total. The van der Waals surface area contributed by atoms with Crippen LogP contribution >= 0.6 is 0 Å². The van der Waals surface area contributed by atoms with Gasteiger partial charge in [-0.15, -0.1) is 0 Å². The summed E-state index contributed by atoms with van der Waals surface area (Å²) in [7, 11) is 16.9. The van der Waals surface area contributed by atoms with E-state index in [0.29, 0.717) is 39.0 Å². The lowest BCUT2D eigenvalue weighted by molar-refractivity contribution is -0.155. The smallest absolute Gasteiger partial charge is 0.329 e. The summed E-state index contributed by atoms with van der Waals surface area (Å²) in [5.41, 5.74) is -2.97. The molecule has 0 spiro atoms. The van der Waals surface area contributed by atoms with E-state index in [9.17, 15) is 38.4 Å². The Bertz CT molecular complexity index is 1860. The number of fused-ring (bicyclic) bond motifs is 2. The Morgan fingerprint density at radius 2 is 0.937 bits per heavy atom. The lowest BCUT2D eigenvalue weighted by Gasteiger charge is -2.43. The second-order valence-corrected chi connectivity index (χ2v) is 19.2. The number of nitrogens with one attached hydrogen (secondary N) is 1. The first-order valence-electron chi connectivity index (χ1n) is 20.9. The van der Waals surface area contributed by atoms with Crippen LogP contribution in [0.15, 0.2) is 10.2 Å². The second kappa shape index (κ2) is 20.2. The van der Waals surface area contributed by atoms with E-state index >= 15 is 0 Å². The molecule has 0 radical (unpaired) electrons. The van der Waals surface area contributed by atoms with Gasteiger partial charge in [0.2, 0.25) is 29.5 Å². The Kier molecular flexibility index (Phi) is 17.4. The van der Waals surface area contributed by atoms with Crippen molar-refractivity contribution in [1.82, 2.24) is 49.6 Å². The zero-order chi connectivity index (χ0) is 49.0. The van der Waals surface area contributed by atoms with Gasteiger partial charge >= 0.3 is 5.97 Å². The number of carboxylic acids is 1. The number of hydrazone groups is 2. The van der Waals surface area contributed by atoms with Gasteiger partial charge in [-0.3, -0.25) is 33.6 Å². The van der Waals surface area contributed by atoms with E-state index in [1.807, 2.05) is 27.9 Å². The number of hydrogen-bond donors (Lipinski definition) is 2. The van der Waals surface area contributed by atoms with E-state index in [4.69, 9.17) is 5.11 Å². The Balaban J connectivity index is 0.000000339. The molecule has 2 atom stereocenters. The number of rotatable bonds is 12. The van der Waals surface area contributed by atoms with Crippen molar-refractivity contribution >= 4 is 58.7 Å². The average molecular weight is 891 g/mol. The molecule has 4 aliphatic rings. The van der Waals surface area contributed by atoms with Crippen molar-refractivity contribution in [3.8, 4) is 0 Å². The minimum Gasteiger partial charge on any atom is -0.480 e. The van der Waals surface area contributed by atoms with E-state index < -0.39 is 33.4 Å². The topological polar surface area (TPSA) is 223 Å². The number of piperidine rings is 2. The molecular weight excluding hydrogens is 817 g/mol. The van der Waals surface area contributed by atoms with Gasteiger partial charge in [0.25, 0.3) is 11.8 Å². The second-order valence-electron chi connectivity index (χ2n) is 19.2. The average Bonchev–Trinajstić information content (AvgIpc) is 3.56. The maximum atomic E-state index is 13.1. The van der Waals surface area contributed by atoms with Gasteiger partial charge in [0, 0.05) is 74.3 Å². The van der Waals surface area contributed by atoms with Crippen LogP contribution < -0.4 is 5.32 Å². The van der Waals surface area contributed by atoms with Crippen molar-refractivity contribution < 1.29 is 43.5 Å². The minimum atomic E-state index is -1.16. The summed E-state index contributed by atoms with van der Waals surface area (Å²) in [4.78, 5) is 109. The highest BCUT2D eigenvalue weighted by molar-refractivity contribution is 6.14. The summed E-state index contributed by atoms with van der Waals surface area (Å²) < 4.78 is 0. The van der Waals surface area contributed by atoms with Crippen LogP contribution in [0.25, 0.3) is 0 Å². The third kappa shape index (κ3) is 11.6. The molecule has 0 aliphatic carbocycles. The molecule has 0 aromatic carbocycles. The Morgan fingerprint density at radius 1 is 0.619 bits per heavy atom. The molecule has 7 amide bonds. The molecule has 4 aliphatic heterocycles. The first-order valence-corrected chi connectivity index (χ1v) is 20.9. The van der Waals surface area contributed by atoms with Crippen LogP contribution in [0.4, 0.5) is 0 Å². The van der Waals surface area contributed by atoms with Gasteiger partial charge in [0.05, 0.1) is 31.1 Å². The predicted octanol–water partition coefficient (Wildman–Crippen LogP) is -0.769. The molecule has 0 saturated carbocycles. The molecule has 356 valence electrons. The van der Waals surface area contributed by atoms with Gasteiger partial charge in [0.1, 0.15) is 27.4 Å². The molecule has 4 rings (SSSR count). The molecule has 0 bridgehead atoms. The lowest BCUT2D eigenvalue weighted by atomic mass is 9.79. The summed E-state index contributed by atoms with van der Waals surface area (Å²) in [6, 6.07) is 0. The molecule has 2 saturated heterocycles. The molecule has 4 heterocycles. The maximum Gasteiger partial charge on any atom is 0.329 e. The van der Waals surface area contributed by atoms with Crippen LogP contribution in [0.1, 0.15) is 68.2 Å². The van der Waals surface area contributed by atoms with Crippen LogP contribution in [0.5, 0.6) is 0 Å². The van der Waals surface area contributed by atoms with Gasteiger partial charge in [-0.1, -0.05) is 0 Å². The number of nitrogens with zero attached hydrogens (tertiary/aromatic N) is 11. The first-order chi connectivity index (χ1) is 28.7. The number of carbonyl (C=O) groups excluding carboxylic acids is 7. The summed E-state index contributed by atoms with van der Waals surface area (Å²) in [5.74, 6) is -1.97. The largest absolute Gasteiger partial charge is 0.480 e. The maximum absolute atomic E-state index is 13.1. The van der Waals surface area contributed by atoms with Gasteiger partial charge < -0.3 is 44.7 Å². The van der Waals surface area contributed by atoms with E-state index in [2.05, 4.69) is 15.5 Å². The normalized spacial score (nSPS) is 21.1. The van der Waals surface area contributed by atoms with Crippen LogP contribution in [-0.4, -0.2) is 241 Å². The van der Waals surface area contributed by atoms with E-state index in [0.717, 1.165) is 11.4 Å². The van der Waals surface area contributed by atoms with Crippen molar-refractivity contribution in [1.29, 1.82) is 0 Å². The highest BCUT2D eigenvalue weighted by atomic mass is 16.4. The molecule has 2 N–H and O–H groups in total. The van der Waals surface area contributed by atoms with Crippen molar-refractivity contribution in [2.75, 3.05) is 116 Å². The fraction of sp³-hybridized carbons (Fsp3) is 0.762. The van der Waals surface area contributed by atoms with E-state index in [1.165, 1.54) is 45.6 Å². The SMILES string of the molecule is CN(C)CC(=O)N(C)C(C)(C)C(=O)N1CCC2=NN(C)C(=O)C2(C)C1.CN(C)CC(=O)N(C)C(C)(C)C(=O)O.CNCC(=O)N(C)C(C)(C)C(=O)N1CCC2=NN(C)C(=O)C2(C)C1. The van der Waals surface area contributed by atoms with E-state index in [-0.39, 0.29) is 61.0 Å². The van der Waals surface area contributed by atoms with Crippen LogP contribution in [-0.2, 0) is 38.4 Å². The third-order valence-corrected chi connectivity index (χ3v) is 12.6. The molecule has 2 unspecified atom stereocenters. The monoisotopic (exact) mass is 891 g/mol. The first kappa shape index (κ1) is 54.1. The Labute approximate surface area is 373 Å². The van der Waals surface area contributed by atoms with Crippen molar-refractivity contribution in [2.45, 2.75) is 84.8 Å². The number of likely N-dealkylation sites (N-methyl/N-ethyl adjacent to an activating group) is 6. The van der Waals surface area contributed by atoms with Gasteiger partial charge in [-0.2, -0.15) is 10.2 Å². The number of aliphatic carboxylic acids is 1. The van der Waals surface area contributed by atoms with Gasteiger partial charge in [0.15, 0.2) is 0 Å². The summed E-state index contributed by atoms with van der Waals surface area (Å²) in [6.07, 6.45) is 1.15. The number of hydrogen-bond acceptors (Lipinski definition) is 13. The van der Waals surface area contributed by atoms with Crippen molar-refractivity contribution in [3.63, 3.8) is 0 Å². The summed E-state index contributed by atoms with van der Waals surface area (Å²) in [6.45, 7) is 15.9. The predicted molar refractivity (Wildman–Crippen MR) is 238 cm³/mol. The summed E-state index contributed by atoms with van der Waals surface area (Å²) >= 11 is 0. The minimum absolute atomic E-state index is 0.0881. The zero-order valence-electron chi connectivity index (χ0n) is 41.0. The third-order valence-electron chi connectivity index (χ3n) is 12.6. The Hall–Kier alpha value is -5.02. The zero-order valence-corrected chi connectivity index (χ0v) is 41.0. The fourth-order valence-electron chi connectivity index (χ4n) is 7.52. The summed E-state index contributed by atoms with van der Waals surface area (Å²) in [5, 5.41) is 23.0. The standard InChI is InChI=1S/C17H29N5O3.C16H27N5O3.C9H18N2O3/c1-16(2,20(6)13(23)10-19(4)5)14(24)22-9-8-12-17(3,11-22)15(25)21(7)18-12;1-15(2,19(5)12(22)9-17-4)13(23)21-8-7-11-16(3,10-21)14(24)20(6)18-11;1-9(2,8(13)14)11(5)7(12)6-10(3)4/h8-11H2,1-7H3;17H,7-10H2,1-6H3;6H2,1-5H3,(H,13,14). The number of carbonyl (C=O) groups is 8. The van der Waals surface area contributed by atoms with Crippen LogP contribution in [0.2, 0.25) is 0 Å². The molecular formula is C42H74N12O9. The molecule has 63 heavy (non-hydrogen) atoms. The van der Waals surface area contributed by atoms with Gasteiger partial charge in [-0.25, -0.2) is 14.8 Å². The number of carboxylic acid groups (broad SMARTS) is 1. The van der Waals surface area contributed by atoms with Crippen molar-refractivity contribution in [2.24, 2.45) is 21.0 Å². The lowest BCUT2D eigenvalue weighted by Crippen LogP contribution is -2.61. The van der Waals surface area contributed by atoms with Gasteiger partial charge in [-0.05, 0) is 90.6 Å². The molecule has 0 aromatic rings. The quantitative estimate of drug-likeness (QED) is 0.247. The molecule has 21 heteroatoms. The van der Waals surface area contributed by atoms with E-state index in [1.54, 1.807) is 96.6 Å². The molecule has 0 aromatic heterocycles. The fourth-order valence-corrected chi connectivity index (χ4v) is 7.52. The number of amides is 7. The van der Waals surface area contributed by atoms with Crippen molar-refractivity contribution in [3.05, 3.63) is 0 Å². The molecule has 2 fully saturated rings. The van der Waals surface area contributed by atoms with Crippen LogP contribution in [0.3, 0.4) is 0 Å². The highest BCUT2D eigenvalue weighted by Crippen LogP contribution is 2.37. The Morgan fingerprint density at radius 3 is 1.24 bits per heavy atom. The van der Waals surface area contributed by atoms with Crippen LogP contribution in [0, 0.1) is 10.8 Å². The highest BCUT2D eigenvalue weighted by Gasteiger charge is 2.53.